The Labute approximate surface area is 116 Å². The molecule has 19 heavy (non-hydrogen) atoms. The van der Waals surface area contributed by atoms with Crippen molar-refractivity contribution in [3.63, 3.8) is 0 Å². The molecule has 0 bridgehead atoms. The SMILES string of the molecule is CCOc1cc(CC(C)C)c(O)c(O)c1CC(C)C. The summed E-state index contributed by atoms with van der Waals surface area (Å²) < 4.78 is 5.62. The summed E-state index contributed by atoms with van der Waals surface area (Å²) in [6.07, 6.45) is 1.41. The summed E-state index contributed by atoms with van der Waals surface area (Å²) in [7, 11) is 0. The van der Waals surface area contributed by atoms with Gasteiger partial charge in [0.05, 0.1) is 6.61 Å². The number of rotatable bonds is 6. The molecular formula is C16H26O3. The molecule has 3 nitrogen and oxygen atoms in total. The van der Waals surface area contributed by atoms with Gasteiger partial charge in [-0.2, -0.15) is 0 Å². The predicted molar refractivity (Wildman–Crippen MR) is 78.0 cm³/mol. The fourth-order valence-corrected chi connectivity index (χ4v) is 2.21. The van der Waals surface area contributed by atoms with Crippen LogP contribution in [0.25, 0.3) is 0 Å². The molecule has 2 N–H and O–H groups in total. The first-order valence-electron chi connectivity index (χ1n) is 7.06. The molecular weight excluding hydrogens is 240 g/mol. The van der Waals surface area contributed by atoms with Crippen molar-refractivity contribution in [2.24, 2.45) is 11.8 Å². The molecule has 0 atom stereocenters. The zero-order valence-electron chi connectivity index (χ0n) is 12.7. The van der Waals surface area contributed by atoms with Gasteiger partial charge in [-0.05, 0) is 37.7 Å². The summed E-state index contributed by atoms with van der Waals surface area (Å²) in [5.74, 6) is 1.49. The molecule has 3 heteroatoms. The van der Waals surface area contributed by atoms with Crippen LogP contribution in [0, 0.1) is 11.8 Å². The highest BCUT2D eigenvalue weighted by atomic mass is 16.5. The predicted octanol–water partition coefficient (Wildman–Crippen LogP) is 3.89. The van der Waals surface area contributed by atoms with Crippen molar-refractivity contribution in [2.75, 3.05) is 6.61 Å². The van der Waals surface area contributed by atoms with Crippen LogP contribution in [0.2, 0.25) is 0 Å². The van der Waals surface area contributed by atoms with Crippen LogP contribution in [-0.4, -0.2) is 16.8 Å². The molecule has 108 valence electrons. The van der Waals surface area contributed by atoms with Crippen molar-refractivity contribution in [3.05, 3.63) is 17.2 Å². The highest BCUT2D eigenvalue weighted by molar-refractivity contribution is 5.57. The highest BCUT2D eigenvalue weighted by Crippen LogP contribution is 2.41. The van der Waals surface area contributed by atoms with Crippen LogP contribution in [-0.2, 0) is 12.8 Å². The minimum atomic E-state index is -0.0182. The molecule has 0 fully saturated rings. The number of ether oxygens (including phenoxy) is 1. The van der Waals surface area contributed by atoms with Gasteiger partial charge in [-0.3, -0.25) is 0 Å². The van der Waals surface area contributed by atoms with Crippen LogP contribution in [0.4, 0.5) is 0 Å². The zero-order valence-corrected chi connectivity index (χ0v) is 12.7. The van der Waals surface area contributed by atoms with Crippen molar-refractivity contribution in [1.29, 1.82) is 0 Å². The van der Waals surface area contributed by atoms with Crippen LogP contribution < -0.4 is 4.74 Å². The maximum atomic E-state index is 10.2. The second kappa shape index (κ2) is 6.69. The topological polar surface area (TPSA) is 49.7 Å². The molecule has 0 saturated heterocycles. The summed E-state index contributed by atoms with van der Waals surface area (Å²) in [4.78, 5) is 0. The summed E-state index contributed by atoms with van der Waals surface area (Å²) in [6, 6.07) is 1.87. The molecule has 0 aliphatic rings. The van der Waals surface area contributed by atoms with Crippen molar-refractivity contribution in [3.8, 4) is 17.2 Å². The summed E-state index contributed by atoms with van der Waals surface area (Å²) in [6.45, 7) is 10.8. The number of hydrogen-bond donors (Lipinski definition) is 2. The van der Waals surface area contributed by atoms with E-state index < -0.39 is 0 Å². The van der Waals surface area contributed by atoms with Gasteiger partial charge in [0.2, 0.25) is 0 Å². The van der Waals surface area contributed by atoms with E-state index in [0.29, 0.717) is 36.2 Å². The van der Waals surface area contributed by atoms with E-state index >= 15 is 0 Å². The van der Waals surface area contributed by atoms with Gasteiger partial charge in [0.1, 0.15) is 5.75 Å². The Kier molecular flexibility index (Phi) is 5.52. The van der Waals surface area contributed by atoms with E-state index in [0.717, 1.165) is 12.0 Å². The Balaban J connectivity index is 3.26. The standard InChI is InChI=1S/C16H26O3/c1-6-19-14-9-12(7-10(2)3)15(17)16(18)13(14)8-11(4)5/h9-11,17-18H,6-8H2,1-5H3. The van der Waals surface area contributed by atoms with Crippen LogP contribution in [0.15, 0.2) is 6.07 Å². The van der Waals surface area contributed by atoms with Crippen molar-refractivity contribution in [1.82, 2.24) is 0 Å². The first kappa shape index (κ1) is 15.7. The van der Waals surface area contributed by atoms with Gasteiger partial charge in [-0.25, -0.2) is 0 Å². The number of aromatic hydroxyl groups is 2. The number of hydrogen-bond acceptors (Lipinski definition) is 3. The lowest BCUT2D eigenvalue weighted by Crippen LogP contribution is -2.04. The maximum Gasteiger partial charge on any atom is 0.164 e. The van der Waals surface area contributed by atoms with E-state index in [9.17, 15) is 10.2 Å². The van der Waals surface area contributed by atoms with E-state index in [1.54, 1.807) is 0 Å². The quantitative estimate of drug-likeness (QED) is 0.768. The van der Waals surface area contributed by atoms with E-state index in [1.807, 2.05) is 13.0 Å². The molecule has 0 amide bonds. The monoisotopic (exact) mass is 266 g/mol. The minimum absolute atomic E-state index is 0.00723. The molecule has 0 saturated carbocycles. The average Bonchev–Trinajstić information content (AvgIpc) is 2.30. The maximum absolute atomic E-state index is 10.2. The summed E-state index contributed by atoms with van der Waals surface area (Å²) in [5.41, 5.74) is 1.46. The van der Waals surface area contributed by atoms with Gasteiger partial charge in [-0.15, -0.1) is 0 Å². The van der Waals surface area contributed by atoms with Gasteiger partial charge in [0.25, 0.3) is 0 Å². The normalized spacial score (nSPS) is 11.3. The fourth-order valence-electron chi connectivity index (χ4n) is 2.21. The summed E-state index contributed by atoms with van der Waals surface area (Å²) >= 11 is 0. The minimum Gasteiger partial charge on any atom is -0.504 e. The third-order valence-corrected chi connectivity index (χ3v) is 2.96. The molecule has 0 aliphatic heterocycles. The lowest BCUT2D eigenvalue weighted by molar-refractivity contribution is 0.325. The van der Waals surface area contributed by atoms with Crippen LogP contribution in [0.5, 0.6) is 17.2 Å². The molecule has 1 rings (SSSR count). The molecule has 0 radical (unpaired) electrons. The second-order valence-corrected chi connectivity index (χ2v) is 5.84. The van der Waals surface area contributed by atoms with Crippen LogP contribution in [0.3, 0.4) is 0 Å². The molecule has 1 aromatic rings. The number of benzene rings is 1. The Morgan fingerprint density at radius 3 is 2.05 bits per heavy atom. The van der Waals surface area contributed by atoms with Gasteiger partial charge >= 0.3 is 0 Å². The largest absolute Gasteiger partial charge is 0.504 e. The van der Waals surface area contributed by atoms with Crippen molar-refractivity contribution < 1.29 is 14.9 Å². The molecule has 0 unspecified atom stereocenters. The second-order valence-electron chi connectivity index (χ2n) is 5.84. The Hall–Kier alpha value is -1.38. The highest BCUT2D eigenvalue weighted by Gasteiger charge is 2.19. The van der Waals surface area contributed by atoms with E-state index in [-0.39, 0.29) is 11.5 Å². The third-order valence-electron chi connectivity index (χ3n) is 2.96. The smallest absolute Gasteiger partial charge is 0.164 e. The van der Waals surface area contributed by atoms with Crippen LogP contribution >= 0.6 is 0 Å². The lowest BCUT2D eigenvalue weighted by Gasteiger charge is -2.18. The molecule has 0 aliphatic carbocycles. The van der Waals surface area contributed by atoms with Gasteiger partial charge in [-0.1, -0.05) is 27.7 Å². The van der Waals surface area contributed by atoms with Gasteiger partial charge in [0.15, 0.2) is 11.5 Å². The molecule has 0 spiro atoms. The van der Waals surface area contributed by atoms with Crippen molar-refractivity contribution >= 4 is 0 Å². The number of phenolic OH excluding ortho intramolecular Hbond substituents is 2. The Bertz CT molecular complexity index is 422. The van der Waals surface area contributed by atoms with E-state index in [2.05, 4.69) is 27.7 Å². The van der Waals surface area contributed by atoms with Gasteiger partial charge < -0.3 is 14.9 Å². The Morgan fingerprint density at radius 1 is 1.00 bits per heavy atom. The zero-order chi connectivity index (χ0) is 14.6. The summed E-state index contributed by atoms with van der Waals surface area (Å²) in [5, 5.41) is 20.3. The third kappa shape index (κ3) is 4.05. The van der Waals surface area contributed by atoms with Crippen LogP contribution in [0.1, 0.15) is 45.7 Å². The molecule has 0 aromatic heterocycles. The molecule has 0 heterocycles. The van der Waals surface area contributed by atoms with Crippen molar-refractivity contribution in [2.45, 2.75) is 47.5 Å². The first-order valence-corrected chi connectivity index (χ1v) is 7.06. The van der Waals surface area contributed by atoms with E-state index in [4.69, 9.17) is 4.74 Å². The van der Waals surface area contributed by atoms with Gasteiger partial charge in [0, 0.05) is 11.1 Å². The fraction of sp³-hybridized carbons (Fsp3) is 0.625. The molecule has 1 aromatic carbocycles. The average molecular weight is 266 g/mol. The lowest BCUT2D eigenvalue weighted by atomic mass is 9.95. The first-order chi connectivity index (χ1) is 8.86. The number of phenols is 2. The Morgan fingerprint density at radius 2 is 1.58 bits per heavy atom. The van der Waals surface area contributed by atoms with E-state index in [1.165, 1.54) is 0 Å².